The number of hydrogen-bond donors (Lipinski definition) is 2. The van der Waals surface area contributed by atoms with Crippen LogP contribution in [0.2, 0.25) is 0 Å². The Bertz CT molecular complexity index is 401. The van der Waals surface area contributed by atoms with Crippen LogP contribution < -0.4 is 15.2 Å². The van der Waals surface area contributed by atoms with Crippen LogP contribution in [-0.4, -0.2) is 25.3 Å². The van der Waals surface area contributed by atoms with Crippen LogP contribution in [-0.2, 0) is 0 Å². The molecule has 15 heavy (non-hydrogen) atoms. The highest BCUT2D eigenvalue weighted by atomic mass is 16.5. The Morgan fingerprint density at radius 2 is 1.87 bits per heavy atom. The van der Waals surface area contributed by atoms with E-state index in [0.717, 1.165) is 0 Å². The lowest BCUT2D eigenvalue weighted by Crippen LogP contribution is -2.08. The fraction of sp³-hybridized carbons (Fsp3) is 0.300. The molecule has 0 saturated heterocycles. The molecule has 0 atom stereocenters. The average molecular weight is 211 g/mol. The van der Waals surface area contributed by atoms with Crippen molar-refractivity contribution in [2.45, 2.75) is 6.92 Å². The highest BCUT2D eigenvalue weighted by Gasteiger charge is 2.19. The van der Waals surface area contributed by atoms with E-state index >= 15 is 0 Å². The summed E-state index contributed by atoms with van der Waals surface area (Å²) in [6.45, 7) is 1.69. The molecule has 0 bridgehead atoms. The van der Waals surface area contributed by atoms with E-state index in [1.54, 1.807) is 6.92 Å². The molecule has 1 aromatic carbocycles. The van der Waals surface area contributed by atoms with Gasteiger partial charge in [-0.3, -0.25) is 0 Å². The lowest BCUT2D eigenvalue weighted by molar-refractivity contribution is 0.0694. The van der Waals surface area contributed by atoms with Crippen molar-refractivity contribution < 1.29 is 19.4 Å². The van der Waals surface area contributed by atoms with Gasteiger partial charge in [0.25, 0.3) is 0 Å². The molecule has 0 aromatic heterocycles. The zero-order chi connectivity index (χ0) is 11.6. The quantitative estimate of drug-likeness (QED) is 0.736. The van der Waals surface area contributed by atoms with Gasteiger partial charge in [0.2, 0.25) is 0 Å². The summed E-state index contributed by atoms with van der Waals surface area (Å²) >= 11 is 0. The molecule has 0 heterocycles. The Morgan fingerprint density at radius 3 is 2.27 bits per heavy atom. The Labute approximate surface area is 87.4 Å². The number of carbonyl (C=O) groups is 1. The van der Waals surface area contributed by atoms with E-state index in [1.807, 2.05) is 0 Å². The number of ether oxygens (including phenoxy) is 2. The third kappa shape index (κ3) is 1.81. The number of nitrogens with two attached hydrogens (primary N) is 1. The van der Waals surface area contributed by atoms with Crippen molar-refractivity contribution in [2.24, 2.45) is 0 Å². The van der Waals surface area contributed by atoms with Gasteiger partial charge >= 0.3 is 5.97 Å². The summed E-state index contributed by atoms with van der Waals surface area (Å²) in [7, 11) is 2.87. The smallest absolute Gasteiger partial charge is 0.341 e. The minimum Gasteiger partial charge on any atom is -0.496 e. The summed E-state index contributed by atoms with van der Waals surface area (Å²) in [5, 5.41) is 8.96. The molecule has 0 aliphatic carbocycles. The molecular weight excluding hydrogens is 198 g/mol. The summed E-state index contributed by atoms with van der Waals surface area (Å²) in [4.78, 5) is 11.0. The molecule has 0 amide bonds. The minimum atomic E-state index is -1.12. The van der Waals surface area contributed by atoms with E-state index in [4.69, 9.17) is 20.3 Å². The highest BCUT2D eigenvalue weighted by Crippen LogP contribution is 2.34. The average Bonchev–Trinajstić information content (AvgIpc) is 2.20. The first-order valence-corrected chi connectivity index (χ1v) is 4.27. The van der Waals surface area contributed by atoms with Gasteiger partial charge in [0.1, 0.15) is 17.1 Å². The van der Waals surface area contributed by atoms with Crippen LogP contribution in [0.4, 0.5) is 5.69 Å². The second-order valence-electron chi connectivity index (χ2n) is 3.00. The second-order valence-corrected chi connectivity index (χ2v) is 3.00. The summed E-state index contributed by atoms with van der Waals surface area (Å²) in [6, 6.07) is 1.51. The second kappa shape index (κ2) is 4.08. The molecule has 0 fully saturated rings. The monoisotopic (exact) mass is 211 g/mol. The van der Waals surface area contributed by atoms with Crippen molar-refractivity contribution in [3.63, 3.8) is 0 Å². The zero-order valence-electron chi connectivity index (χ0n) is 8.83. The van der Waals surface area contributed by atoms with E-state index in [1.165, 1.54) is 20.3 Å². The summed E-state index contributed by atoms with van der Waals surface area (Å²) in [6.07, 6.45) is 0. The molecule has 5 heteroatoms. The topological polar surface area (TPSA) is 81.8 Å². The Hall–Kier alpha value is -1.91. The van der Waals surface area contributed by atoms with Crippen molar-refractivity contribution in [2.75, 3.05) is 20.0 Å². The van der Waals surface area contributed by atoms with Gasteiger partial charge in [-0.05, 0) is 6.92 Å². The number of rotatable bonds is 3. The molecule has 0 saturated carbocycles. The standard InChI is InChI=1S/C10H13NO4/c1-5-6(14-2)4-7(15-3)8(9(5)11)10(12)13/h4H,11H2,1-3H3,(H,12,13). The van der Waals surface area contributed by atoms with Gasteiger partial charge in [-0.2, -0.15) is 0 Å². The molecule has 0 unspecified atom stereocenters. The molecule has 0 spiro atoms. The molecule has 5 nitrogen and oxygen atoms in total. The molecule has 0 aliphatic rings. The van der Waals surface area contributed by atoms with Crippen LogP contribution in [0.5, 0.6) is 11.5 Å². The molecule has 82 valence electrons. The summed E-state index contributed by atoms with van der Waals surface area (Å²) < 4.78 is 9.99. The number of aromatic carboxylic acids is 1. The Morgan fingerprint density at radius 1 is 1.33 bits per heavy atom. The van der Waals surface area contributed by atoms with Crippen LogP contribution in [0.25, 0.3) is 0 Å². The maximum absolute atomic E-state index is 11.0. The normalized spacial score (nSPS) is 9.80. The van der Waals surface area contributed by atoms with Crippen LogP contribution >= 0.6 is 0 Å². The number of nitrogen functional groups attached to an aromatic ring is 1. The van der Waals surface area contributed by atoms with Crippen molar-refractivity contribution in [3.8, 4) is 11.5 Å². The molecule has 3 N–H and O–H groups in total. The highest BCUT2D eigenvalue weighted by molar-refractivity contribution is 5.98. The van der Waals surface area contributed by atoms with E-state index in [0.29, 0.717) is 11.3 Å². The fourth-order valence-corrected chi connectivity index (χ4v) is 1.35. The zero-order valence-corrected chi connectivity index (χ0v) is 8.83. The SMILES string of the molecule is COc1cc(OC)c(C(=O)O)c(N)c1C. The minimum absolute atomic E-state index is 0.0317. The summed E-state index contributed by atoms with van der Waals surface area (Å²) in [5.74, 6) is -0.410. The van der Waals surface area contributed by atoms with E-state index in [-0.39, 0.29) is 17.0 Å². The third-order valence-electron chi connectivity index (χ3n) is 2.21. The van der Waals surface area contributed by atoms with Crippen molar-refractivity contribution in [3.05, 3.63) is 17.2 Å². The first-order valence-electron chi connectivity index (χ1n) is 4.27. The predicted octanol–water partition coefficient (Wildman–Crippen LogP) is 1.29. The first-order chi connectivity index (χ1) is 7.02. The van der Waals surface area contributed by atoms with E-state index in [9.17, 15) is 4.79 Å². The Kier molecular flexibility index (Phi) is 3.04. The number of methoxy groups -OCH3 is 2. The Balaban J connectivity index is 3.51. The van der Waals surface area contributed by atoms with Crippen LogP contribution in [0, 0.1) is 6.92 Å². The van der Waals surface area contributed by atoms with Gasteiger partial charge in [-0.1, -0.05) is 0 Å². The largest absolute Gasteiger partial charge is 0.496 e. The van der Waals surface area contributed by atoms with Crippen molar-refractivity contribution in [1.82, 2.24) is 0 Å². The van der Waals surface area contributed by atoms with Gasteiger partial charge < -0.3 is 20.3 Å². The number of carboxylic acids is 1. The maximum atomic E-state index is 11.0. The van der Waals surface area contributed by atoms with Gasteiger partial charge in [0, 0.05) is 11.6 Å². The number of hydrogen-bond acceptors (Lipinski definition) is 4. The van der Waals surface area contributed by atoms with Gasteiger partial charge in [0.15, 0.2) is 0 Å². The summed E-state index contributed by atoms with van der Waals surface area (Å²) in [5.41, 5.74) is 6.42. The van der Waals surface area contributed by atoms with Gasteiger partial charge in [0.05, 0.1) is 19.9 Å². The number of carboxylic acid groups (broad SMARTS) is 1. The first kappa shape index (κ1) is 11.2. The molecule has 0 aliphatic heterocycles. The van der Waals surface area contributed by atoms with Crippen LogP contribution in [0.15, 0.2) is 6.07 Å². The molecule has 1 rings (SSSR count). The molecule has 1 aromatic rings. The van der Waals surface area contributed by atoms with Crippen LogP contribution in [0.1, 0.15) is 15.9 Å². The van der Waals surface area contributed by atoms with E-state index in [2.05, 4.69) is 0 Å². The van der Waals surface area contributed by atoms with Crippen LogP contribution in [0.3, 0.4) is 0 Å². The van der Waals surface area contributed by atoms with Crippen molar-refractivity contribution >= 4 is 11.7 Å². The van der Waals surface area contributed by atoms with E-state index < -0.39 is 5.97 Å². The molecular formula is C10H13NO4. The lowest BCUT2D eigenvalue weighted by Gasteiger charge is -2.13. The van der Waals surface area contributed by atoms with Gasteiger partial charge in [-0.15, -0.1) is 0 Å². The maximum Gasteiger partial charge on any atom is 0.341 e. The lowest BCUT2D eigenvalue weighted by atomic mass is 10.1. The number of benzene rings is 1. The van der Waals surface area contributed by atoms with Gasteiger partial charge in [-0.25, -0.2) is 4.79 Å². The van der Waals surface area contributed by atoms with Crippen molar-refractivity contribution in [1.29, 1.82) is 0 Å². The number of anilines is 1. The third-order valence-corrected chi connectivity index (χ3v) is 2.21. The fourth-order valence-electron chi connectivity index (χ4n) is 1.35. The predicted molar refractivity (Wildman–Crippen MR) is 55.7 cm³/mol. The molecule has 0 radical (unpaired) electrons.